The lowest BCUT2D eigenvalue weighted by molar-refractivity contribution is -0.148. The van der Waals surface area contributed by atoms with E-state index in [0.717, 1.165) is 12.0 Å². The summed E-state index contributed by atoms with van der Waals surface area (Å²) in [6.45, 7) is 6.16. The van der Waals surface area contributed by atoms with E-state index in [1.165, 1.54) is 0 Å². The van der Waals surface area contributed by atoms with E-state index in [-0.39, 0.29) is 17.9 Å². The summed E-state index contributed by atoms with van der Waals surface area (Å²) in [4.78, 5) is 26.9. The molecule has 1 aromatic rings. The summed E-state index contributed by atoms with van der Waals surface area (Å²) < 4.78 is 5.14. The van der Waals surface area contributed by atoms with Crippen molar-refractivity contribution < 1.29 is 14.3 Å². The normalized spacial score (nSPS) is 14.8. The van der Waals surface area contributed by atoms with Crippen LogP contribution in [0.5, 0.6) is 0 Å². The molecule has 0 aliphatic rings. The van der Waals surface area contributed by atoms with E-state index in [2.05, 4.69) is 12.2 Å². The Kier molecular flexibility index (Phi) is 8.47. The summed E-state index contributed by atoms with van der Waals surface area (Å²) in [5.74, 6) is -0.334. The van der Waals surface area contributed by atoms with Crippen molar-refractivity contribution in [2.75, 3.05) is 20.7 Å². The molecule has 1 aromatic carbocycles. The highest BCUT2D eigenvalue weighted by molar-refractivity contribution is 5.87. The van der Waals surface area contributed by atoms with Crippen LogP contribution in [0.2, 0.25) is 0 Å². The van der Waals surface area contributed by atoms with Crippen molar-refractivity contribution in [3.63, 3.8) is 0 Å². The minimum absolute atomic E-state index is 0.136. The minimum atomic E-state index is -0.675. The number of likely N-dealkylation sites (N-methyl/N-ethyl adjacent to an activating group) is 1. The first-order chi connectivity index (χ1) is 11.4. The number of carbonyl (C=O) groups is 2. The lowest BCUT2D eigenvalue weighted by Gasteiger charge is -2.30. The molecule has 0 aliphatic heterocycles. The summed E-state index contributed by atoms with van der Waals surface area (Å²) in [5, 5.41) is 2.89. The molecule has 0 saturated carbocycles. The molecular weight excluding hydrogens is 304 g/mol. The maximum Gasteiger partial charge on any atom is 0.328 e. The van der Waals surface area contributed by atoms with Gasteiger partial charge in [0.2, 0.25) is 5.91 Å². The van der Waals surface area contributed by atoms with E-state index in [1.807, 2.05) is 56.3 Å². The van der Waals surface area contributed by atoms with Crippen molar-refractivity contribution >= 4 is 11.9 Å². The maximum atomic E-state index is 12.7. The molecule has 0 radical (unpaired) electrons. The van der Waals surface area contributed by atoms with Crippen molar-refractivity contribution in [3.8, 4) is 0 Å². The number of nitrogens with zero attached hydrogens (tertiary/aromatic N) is 1. The lowest BCUT2D eigenvalue weighted by Crippen LogP contribution is -2.53. The molecule has 0 bridgehead atoms. The van der Waals surface area contributed by atoms with Crippen LogP contribution >= 0.6 is 0 Å². The summed E-state index contributed by atoms with van der Waals surface area (Å²) in [6, 6.07) is 8.69. The quantitative estimate of drug-likeness (QED) is 0.704. The van der Waals surface area contributed by atoms with Gasteiger partial charge in [-0.3, -0.25) is 9.69 Å². The largest absolute Gasteiger partial charge is 0.464 e. The molecule has 0 aromatic heterocycles. The molecule has 0 unspecified atom stereocenters. The fourth-order valence-corrected chi connectivity index (χ4v) is 2.77. The van der Waals surface area contributed by atoms with Crippen molar-refractivity contribution in [1.82, 2.24) is 10.2 Å². The smallest absolute Gasteiger partial charge is 0.328 e. The van der Waals surface area contributed by atoms with Gasteiger partial charge in [-0.1, -0.05) is 50.6 Å². The molecule has 0 fully saturated rings. The number of hydrogen-bond donors (Lipinski definition) is 1. The Morgan fingerprint density at radius 2 is 1.79 bits per heavy atom. The Hall–Kier alpha value is -1.88. The van der Waals surface area contributed by atoms with Gasteiger partial charge in [0.25, 0.3) is 0 Å². The third kappa shape index (κ3) is 5.96. The first kappa shape index (κ1) is 20.2. The number of hydrogen-bond acceptors (Lipinski definition) is 4. The summed E-state index contributed by atoms with van der Waals surface area (Å²) in [6.07, 6.45) is 1.31. The van der Waals surface area contributed by atoms with Crippen LogP contribution < -0.4 is 5.32 Å². The van der Waals surface area contributed by atoms with Gasteiger partial charge in [0.15, 0.2) is 0 Å². The van der Waals surface area contributed by atoms with Crippen LogP contribution in [-0.4, -0.2) is 49.6 Å². The summed E-state index contributed by atoms with van der Waals surface area (Å²) >= 11 is 0. The maximum absolute atomic E-state index is 12.7. The molecule has 5 nitrogen and oxygen atoms in total. The number of nitrogens with one attached hydrogen (secondary N) is 1. The van der Waals surface area contributed by atoms with Crippen LogP contribution in [0.4, 0.5) is 0 Å². The molecule has 1 amide bonds. The van der Waals surface area contributed by atoms with Gasteiger partial charge in [0.1, 0.15) is 6.04 Å². The van der Waals surface area contributed by atoms with E-state index in [0.29, 0.717) is 13.0 Å². The molecule has 0 aliphatic carbocycles. The van der Waals surface area contributed by atoms with E-state index in [4.69, 9.17) is 4.74 Å². The van der Waals surface area contributed by atoms with Gasteiger partial charge in [-0.2, -0.15) is 0 Å². The molecule has 5 heteroatoms. The van der Waals surface area contributed by atoms with Crippen LogP contribution in [0.1, 0.15) is 32.8 Å². The Balaban J connectivity index is 2.90. The summed E-state index contributed by atoms with van der Waals surface area (Å²) in [5.41, 5.74) is 0.987. The Morgan fingerprint density at radius 1 is 1.17 bits per heavy atom. The predicted molar refractivity (Wildman–Crippen MR) is 95.6 cm³/mol. The SMILES string of the molecule is CCOC(=O)[C@H](Cc1ccccc1)NC(=O)[C@H]([C@@H](C)CC)N(C)C. The second-order valence-electron chi connectivity index (χ2n) is 6.30. The van der Waals surface area contributed by atoms with Crippen molar-refractivity contribution in [2.45, 2.75) is 45.7 Å². The van der Waals surface area contributed by atoms with Gasteiger partial charge in [-0.25, -0.2) is 4.79 Å². The molecule has 0 saturated heterocycles. The predicted octanol–water partition coefficient (Wildman–Crippen LogP) is 2.25. The van der Waals surface area contributed by atoms with Gasteiger partial charge in [-0.15, -0.1) is 0 Å². The Labute approximate surface area is 145 Å². The highest BCUT2D eigenvalue weighted by atomic mass is 16.5. The molecule has 134 valence electrons. The lowest BCUT2D eigenvalue weighted by atomic mass is 9.96. The second-order valence-corrected chi connectivity index (χ2v) is 6.30. The number of ether oxygens (including phenoxy) is 1. The summed E-state index contributed by atoms with van der Waals surface area (Å²) in [7, 11) is 3.76. The molecule has 1 rings (SSSR count). The van der Waals surface area contributed by atoms with Gasteiger partial charge >= 0.3 is 5.97 Å². The molecule has 3 atom stereocenters. The average molecular weight is 334 g/mol. The Morgan fingerprint density at radius 3 is 2.29 bits per heavy atom. The van der Waals surface area contributed by atoms with Crippen LogP contribution in [0, 0.1) is 5.92 Å². The van der Waals surface area contributed by atoms with E-state index in [9.17, 15) is 9.59 Å². The highest BCUT2D eigenvalue weighted by Gasteiger charge is 2.30. The van der Waals surface area contributed by atoms with Crippen molar-refractivity contribution in [1.29, 1.82) is 0 Å². The van der Waals surface area contributed by atoms with Crippen molar-refractivity contribution in [3.05, 3.63) is 35.9 Å². The number of rotatable bonds is 9. The zero-order valence-electron chi connectivity index (χ0n) is 15.4. The minimum Gasteiger partial charge on any atom is -0.464 e. The van der Waals surface area contributed by atoms with Crippen LogP contribution in [-0.2, 0) is 20.7 Å². The average Bonchev–Trinajstić information content (AvgIpc) is 2.55. The van der Waals surface area contributed by atoms with E-state index in [1.54, 1.807) is 6.92 Å². The van der Waals surface area contributed by atoms with E-state index < -0.39 is 12.0 Å². The third-order valence-corrected chi connectivity index (χ3v) is 4.18. The Bertz CT molecular complexity index is 517. The van der Waals surface area contributed by atoms with Crippen LogP contribution in [0.3, 0.4) is 0 Å². The zero-order valence-corrected chi connectivity index (χ0v) is 15.4. The topological polar surface area (TPSA) is 58.6 Å². The third-order valence-electron chi connectivity index (χ3n) is 4.18. The number of carbonyl (C=O) groups excluding carboxylic acids is 2. The molecule has 0 spiro atoms. The van der Waals surface area contributed by atoms with Gasteiger partial charge in [-0.05, 0) is 32.5 Å². The van der Waals surface area contributed by atoms with Gasteiger partial charge in [0.05, 0.1) is 12.6 Å². The zero-order chi connectivity index (χ0) is 18.1. The number of amides is 1. The fraction of sp³-hybridized carbons (Fsp3) is 0.579. The standard InChI is InChI=1S/C19H30N2O3/c1-6-14(3)17(21(4)5)18(22)20-16(19(23)24-7-2)13-15-11-9-8-10-12-15/h8-12,14,16-17H,6-7,13H2,1-5H3,(H,20,22)/t14-,16-,17-/m0/s1. The molecule has 24 heavy (non-hydrogen) atoms. The number of benzene rings is 1. The first-order valence-electron chi connectivity index (χ1n) is 8.58. The van der Waals surface area contributed by atoms with Crippen LogP contribution in [0.25, 0.3) is 0 Å². The van der Waals surface area contributed by atoms with Gasteiger partial charge in [0, 0.05) is 6.42 Å². The van der Waals surface area contributed by atoms with Gasteiger partial charge < -0.3 is 10.1 Å². The highest BCUT2D eigenvalue weighted by Crippen LogP contribution is 2.13. The molecule has 0 heterocycles. The first-order valence-corrected chi connectivity index (χ1v) is 8.58. The monoisotopic (exact) mass is 334 g/mol. The number of esters is 1. The fourth-order valence-electron chi connectivity index (χ4n) is 2.77. The molecular formula is C19H30N2O3. The molecule has 1 N–H and O–H groups in total. The van der Waals surface area contributed by atoms with E-state index >= 15 is 0 Å². The van der Waals surface area contributed by atoms with Crippen LogP contribution in [0.15, 0.2) is 30.3 Å². The van der Waals surface area contributed by atoms with Crippen molar-refractivity contribution in [2.24, 2.45) is 5.92 Å². The second kappa shape index (κ2) is 10.1.